The average molecular weight is 352 g/mol. The Morgan fingerprint density at radius 3 is 2.35 bits per heavy atom. The van der Waals surface area contributed by atoms with Crippen LogP contribution in [0.4, 0.5) is 0 Å². The summed E-state index contributed by atoms with van der Waals surface area (Å²) in [5.41, 5.74) is 4.07. The minimum Gasteiger partial charge on any atom is -0.497 e. The van der Waals surface area contributed by atoms with Crippen LogP contribution < -0.4 is 4.74 Å². The van der Waals surface area contributed by atoms with Crippen molar-refractivity contribution in [1.82, 2.24) is 0 Å². The molecule has 0 saturated carbocycles. The minimum atomic E-state index is 0.272. The summed E-state index contributed by atoms with van der Waals surface area (Å²) in [6, 6.07) is 14.6. The highest BCUT2D eigenvalue weighted by molar-refractivity contribution is 9.09. The molecule has 0 fully saturated rings. The molecule has 0 saturated heterocycles. The zero-order valence-electron chi connectivity index (χ0n) is 11.3. The van der Waals surface area contributed by atoms with Crippen LogP contribution in [0.15, 0.2) is 42.5 Å². The van der Waals surface area contributed by atoms with Gasteiger partial charge in [0.25, 0.3) is 0 Å². The summed E-state index contributed by atoms with van der Waals surface area (Å²) >= 11 is 10.2. The third kappa shape index (κ3) is 2.59. The van der Waals surface area contributed by atoms with E-state index in [4.69, 9.17) is 16.3 Å². The number of ether oxygens (including phenoxy) is 1. The first kappa shape index (κ1) is 14.0. The van der Waals surface area contributed by atoms with Gasteiger partial charge in [-0.2, -0.15) is 0 Å². The minimum absolute atomic E-state index is 0.272. The van der Waals surface area contributed by atoms with Gasteiger partial charge in [0.05, 0.1) is 7.11 Å². The van der Waals surface area contributed by atoms with Gasteiger partial charge in [0.1, 0.15) is 5.75 Å². The molecule has 0 spiro atoms. The van der Waals surface area contributed by atoms with Crippen molar-refractivity contribution >= 4 is 27.5 Å². The van der Waals surface area contributed by atoms with Crippen LogP contribution in [0.3, 0.4) is 0 Å². The molecule has 0 bridgehead atoms. The molecule has 0 aliphatic heterocycles. The number of methoxy groups -OCH3 is 1. The fourth-order valence-electron chi connectivity index (χ4n) is 2.91. The highest BCUT2D eigenvalue weighted by atomic mass is 79.9. The van der Waals surface area contributed by atoms with Crippen molar-refractivity contribution in [2.75, 3.05) is 7.11 Å². The molecular weight excluding hydrogens is 336 g/mol. The summed E-state index contributed by atoms with van der Waals surface area (Å²) in [7, 11) is 1.66. The molecule has 1 nitrogen and oxygen atoms in total. The zero-order chi connectivity index (χ0) is 14.1. The summed E-state index contributed by atoms with van der Waals surface area (Å²) < 4.78 is 5.21. The predicted octanol–water partition coefficient (Wildman–Crippen LogP) is 5.20. The Balaban J connectivity index is 1.82. The highest BCUT2D eigenvalue weighted by Gasteiger charge is 2.29. The topological polar surface area (TPSA) is 9.23 Å². The lowest BCUT2D eigenvalue weighted by Crippen LogP contribution is -2.08. The van der Waals surface area contributed by atoms with Gasteiger partial charge in [0, 0.05) is 9.85 Å². The van der Waals surface area contributed by atoms with Crippen LogP contribution in [0.25, 0.3) is 0 Å². The molecule has 1 unspecified atom stereocenters. The number of benzene rings is 2. The van der Waals surface area contributed by atoms with Gasteiger partial charge in [0.2, 0.25) is 0 Å². The summed E-state index contributed by atoms with van der Waals surface area (Å²) in [4.78, 5) is 0.272. The lowest BCUT2D eigenvalue weighted by Gasteiger charge is -2.19. The van der Waals surface area contributed by atoms with E-state index in [1.54, 1.807) is 7.11 Å². The van der Waals surface area contributed by atoms with E-state index in [1.807, 2.05) is 12.1 Å². The maximum absolute atomic E-state index is 6.38. The van der Waals surface area contributed by atoms with Gasteiger partial charge in [0.15, 0.2) is 0 Å². The van der Waals surface area contributed by atoms with Gasteiger partial charge in [-0.3, -0.25) is 0 Å². The molecule has 20 heavy (non-hydrogen) atoms. The molecule has 2 aromatic carbocycles. The number of halogens is 2. The maximum atomic E-state index is 6.38. The van der Waals surface area contributed by atoms with E-state index in [0.717, 1.165) is 29.2 Å². The molecule has 2 aromatic rings. The van der Waals surface area contributed by atoms with Crippen LogP contribution in [0.2, 0.25) is 5.02 Å². The second kappa shape index (κ2) is 5.79. The summed E-state index contributed by atoms with van der Waals surface area (Å²) in [6.07, 6.45) is 2.21. The zero-order valence-corrected chi connectivity index (χ0v) is 13.6. The first-order valence-corrected chi connectivity index (χ1v) is 8.02. The van der Waals surface area contributed by atoms with Crippen molar-refractivity contribution in [3.63, 3.8) is 0 Å². The molecule has 0 amide bonds. The van der Waals surface area contributed by atoms with Gasteiger partial charge in [-0.15, -0.1) is 0 Å². The van der Waals surface area contributed by atoms with Gasteiger partial charge in [-0.1, -0.05) is 57.9 Å². The lowest BCUT2D eigenvalue weighted by molar-refractivity contribution is 0.414. The Labute approximate surface area is 133 Å². The van der Waals surface area contributed by atoms with Gasteiger partial charge in [-0.25, -0.2) is 0 Å². The molecule has 1 aliphatic carbocycles. The van der Waals surface area contributed by atoms with Crippen molar-refractivity contribution in [3.05, 3.63) is 64.2 Å². The first-order valence-electron chi connectivity index (χ1n) is 6.73. The smallest absolute Gasteiger partial charge is 0.120 e. The van der Waals surface area contributed by atoms with Gasteiger partial charge in [-0.05, 0) is 47.6 Å². The van der Waals surface area contributed by atoms with E-state index >= 15 is 0 Å². The Hall–Kier alpha value is -0.990. The number of rotatable bonds is 3. The van der Waals surface area contributed by atoms with Crippen molar-refractivity contribution in [2.45, 2.75) is 17.7 Å². The van der Waals surface area contributed by atoms with E-state index in [1.165, 1.54) is 11.1 Å². The molecule has 1 aliphatic rings. The van der Waals surface area contributed by atoms with Gasteiger partial charge < -0.3 is 4.74 Å². The van der Waals surface area contributed by atoms with Crippen molar-refractivity contribution < 1.29 is 4.74 Å². The summed E-state index contributed by atoms with van der Waals surface area (Å²) in [5, 5.41) is 0.766. The number of hydrogen-bond acceptors (Lipinski definition) is 1. The molecule has 0 aromatic heterocycles. The van der Waals surface area contributed by atoms with Crippen LogP contribution in [0.5, 0.6) is 5.75 Å². The first-order chi connectivity index (χ1) is 9.69. The van der Waals surface area contributed by atoms with E-state index in [-0.39, 0.29) is 4.83 Å². The van der Waals surface area contributed by atoms with Crippen molar-refractivity contribution in [2.24, 2.45) is 5.92 Å². The van der Waals surface area contributed by atoms with Crippen LogP contribution in [-0.4, -0.2) is 7.11 Å². The van der Waals surface area contributed by atoms with Crippen LogP contribution in [0.1, 0.15) is 21.5 Å². The largest absolute Gasteiger partial charge is 0.497 e. The molecular formula is C17H16BrClO. The Kier molecular flexibility index (Phi) is 4.04. The second-order valence-corrected chi connectivity index (χ2v) is 6.62. The Morgan fingerprint density at radius 2 is 1.80 bits per heavy atom. The average Bonchev–Trinajstić information content (AvgIpc) is 2.90. The fourth-order valence-corrected chi connectivity index (χ4v) is 4.11. The SMILES string of the molecule is COc1ccc(C(Br)C2Cc3ccccc3C2)c(Cl)c1. The number of fused-ring (bicyclic) bond motifs is 1. The highest BCUT2D eigenvalue weighted by Crippen LogP contribution is 2.43. The quantitative estimate of drug-likeness (QED) is 0.691. The molecule has 1 atom stereocenters. The van der Waals surface area contributed by atoms with E-state index in [9.17, 15) is 0 Å². The Bertz CT molecular complexity index is 601. The van der Waals surface area contributed by atoms with Crippen molar-refractivity contribution in [3.8, 4) is 5.75 Å². The van der Waals surface area contributed by atoms with E-state index < -0.39 is 0 Å². The fraction of sp³-hybridized carbons (Fsp3) is 0.294. The van der Waals surface area contributed by atoms with E-state index in [2.05, 4.69) is 46.3 Å². The molecule has 0 N–H and O–H groups in total. The summed E-state index contributed by atoms with van der Waals surface area (Å²) in [5.74, 6) is 1.35. The molecule has 3 heteroatoms. The number of alkyl halides is 1. The lowest BCUT2D eigenvalue weighted by atomic mass is 9.96. The molecule has 0 heterocycles. The molecule has 0 radical (unpaired) electrons. The third-order valence-corrected chi connectivity index (χ3v) is 5.57. The molecule has 3 rings (SSSR count). The third-order valence-electron chi connectivity index (χ3n) is 4.00. The maximum Gasteiger partial charge on any atom is 0.120 e. The van der Waals surface area contributed by atoms with Crippen LogP contribution in [0, 0.1) is 5.92 Å². The monoisotopic (exact) mass is 350 g/mol. The second-order valence-electron chi connectivity index (χ2n) is 5.23. The van der Waals surface area contributed by atoms with E-state index in [0.29, 0.717) is 5.92 Å². The van der Waals surface area contributed by atoms with Crippen molar-refractivity contribution in [1.29, 1.82) is 0 Å². The van der Waals surface area contributed by atoms with Crippen LogP contribution in [-0.2, 0) is 12.8 Å². The van der Waals surface area contributed by atoms with Crippen LogP contribution >= 0.6 is 27.5 Å². The normalized spacial score (nSPS) is 15.9. The predicted molar refractivity (Wildman–Crippen MR) is 87.0 cm³/mol. The Morgan fingerprint density at radius 1 is 1.15 bits per heavy atom. The summed E-state index contributed by atoms with van der Waals surface area (Å²) in [6.45, 7) is 0. The van der Waals surface area contributed by atoms with Gasteiger partial charge >= 0.3 is 0 Å². The number of hydrogen-bond donors (Lipinski definition) is 0. The molecule has 104 valence electrons. The standard InChI is InChI=1S/C17H16BrClO/c1-20-14-6-7-15(16(19)10-14)17(18)13-8-11-4-2-3-5-12(11)9-13/h2-7,10,13,17H,8-9H2,1H3.